The number of carboxylic acids is 1. The predicted octanol–water partition coefficient (Wildman–Crippen LogP) is 0.575. The molecule has 0 bridgehead atoms. The second-order valence-electron chi connectivity index (χ2n) is 2.85. The zero-order chi connectivity index (χ0) is 8.97. The summed E-state index contributed by atoms with van der Waals surface area (Å²) in [6.45, 7) is 3.67. The minimum atomic E-state index is -0.881. The molecule has 0 saturated heterocycles. The second kappa shape index (κ2) is 3.99. The van der Waals surface area contributed by atoms with E-state index < -0.39 is 5.97 Å². The lowest BCUT2D eigenvalue weighted by Gasteiger charge is -2.12. The number of nitrogens with one attached hydrogen (secondary N) is 1. The molecule has 4 nitrogen and oxygen atoms in total. The van der Waals surface area contributed by atoms with E-state index in [9.17, 15) is 4.79 Å². The molecule has 0 spiro atoms. The van der Waals surface area contributed by atoms with Gasteiger partial charge in [-0.05, 0) is 6.42 Å². The van der Waals surface area contributed by atoms with Crippen LogP contribution in [-0.4, -0.2) is 29.2 Å². The maximum atomic E-state index is 10.5. The van der Waals surface area contributed by atoms with Gasteiger partial charge in [0.2, 0.25) is 0 Å². The third-order valence-electron chi connectivity index (χ3n) is 1.81. The summed E-state index contributed by atoms with van der Waals surface area (Å²) in [6, 6.07) is 0. The van der Waals surface area contributed by atoms with Crippen molar-refractivity contribution >= 4 is 5.97 Å². The quantitative estimate of drug-likeness (QED) is 0.648. The van der Waals surface area contributed by atoms with Crippen LogP contribution < -0.4 is 5.32 Å². The van der Waals surface area contributed by atoms with Crippen molar-refractivity contribution in [2.24, 2.45) is 0 Å². The number of carbonyl (C=O) groups is 1. The summed E-state index contributed by atoms with van der Waals surface area (Å²) in [4.78, 5) is 12.4. The van der Waals surface area contributed by atoms with Crippen LogP contribution in [0.15, 0.2) is 11.9 Å². The molecule has 4 heteroatoms. The molecule has 0 aromatic carbocycles. The van der Waals surface area contributed by atoms with Crippen LogP contribution in [0.4, 0.5) is 0 Å². The van der Waals surface area contributed by atoms with Crippen molar-refractivity contribution in [3.8, 4) is 0 Å². The van der Waals surface area contributed by atoms with Crippen molar-refractivity contribution in [1.29, 1.82) is 0 Å². The zero-order valence-corrected chi connectivity index (χ0v) is 7.21. The average molecular weight is 170 g/mol. The van der Waals surface area contributed by atoms with Crippen molar-refractivity contribution in [2.45, 2.75) is 19.8 Å². The number of carboxylic acid groups (broad SMARTS) is 1. The van der Waals surface area contributed by atoms with Crippen LogP contribution in [0.3, 0.4) is 0 Å². The molecule has 1 aliphatic rings. The summed E-state index contributed by atoms with van der Waals surface area (Å²) in [5.74, 6) is -0.881. The molecule has 0 aromatic heterocycles. The number of rotatable bonds is 4. The first kappa shape index (κ1) is 8.90. The summed E-state index contributed by atoms with van der Waals surface area (Å²) in [5.41, 5.74) is 0.297. The Balaban J connectivity index is 2.36. The Hall–Kier alpha value is -1.19. The topological polar surface area (TPSA) is 52.6 Å². The minimum absolute atomic E-state index is 0.297. The Labute approximate surface area is 71.9 Å². The number of hydrogen-bond acceptors (Lipinski definition) is 3. The largest absolute Gasteiger partial charge is 0.477 e. The molecule has 1 heterocycles. The summed E-state index contributed by atoms with van der Waals surface area (Å²) in [7, 11) is 0. The highest BCUT2D eigenvalue weighted by Crippen LogP contribution is 2.04. The van der Waals surface area contributed by atoms with Gasteiger partial charge >= 0.3 is 5.97 Å². The maximum Gasteiger partial charge on any atom is 0.353 e. The molecular weight excluding hydrogens is 156 g/mol. The first-order chi connectivity index (χ1) is 5.74. The molecule has 0 radical (unpaired) electrons. The molecule has 0 fully saturated rings. The van der Waals surface area contributed by atoms with Crippen LogP contribution in [0.2, 0.25) is 0 Å². The van der Waals surface area contributed by atoms with Crippen molar-refractivity contribution in [1.82, 2.24) is 10.2 Å². The van der Waals surface area contributed by atoms with Gasteiger partial charge in [-0.15, -0.1) is 0 Å². The fraction of sp³-hybridized carbons (Fsp3) is 0.625. The average Bonchev–Trinajstić information content (AvgIpc) is 2.48. The van der Waals surface area contributed by atoms with Crippen LogP contribution in [0.25, 0.3) is 0 Å². The van der Waals surface area contributed by atoms with E-state index in [2.05, 4.69) is 12.2 Å². The zero-order valence-electron chi connectivity index (χ0n) is 7.21. The van der Waals surface area contributed by atoms with Gasteiger partial charge in [-0.3, -0.25) is 0 Å². The van der Waals surface area contributed by atoms with E-state index in [-0.39, 0.29) is 0 Å². The molecule has 0 unspecified atom stereocenters. The Morgan fingerprint density at radius 3 is 3.08 bits per heavy atom. The van der Waals surface area contributed by atoms with Crippen LogP contribution in [-0.2, 0) is 4.79 Å². The number of nitrogens with zero attached hydrogens (tertiary/aromatic N) is 1. The molecule has 0 saturated carbocycles. The molecule has 0 aromatic rings. The highest BCUT2D eigenvalue weighted by molar-refractivity contribution is 5.86. The number of unbranched alkanes of at least 4 members (excludes halogenated alkanes) is 1. The molecule has 0 amide bonds. The first-order valence-electron chi connectivity index (χ1n) is 4.17. The van der Waals surface area contributed by atoms with Gasteiger partial charge in [-0.2, -0.15) is 0 Å². The lowest BCUT2D eigenvalue weighted by molar-refractivity contribution is -0.132. The van der Waals surface area contributed by atoms with Crippen molar-refractivity contribution in [2.75, 3.05) is 13.2 Å². The maximum absolute atomic E-state index is 10.5. The van der Waals surface area contributed by atoms with E-state index in [4.69, 9.17) is 5.11 Å². The summed E-state index contributed by atoms with van der Waals surface area (Å²) >= 11 is 0. The second-order valence-corrected chi connectivity index (χ2v) is 2.85. The lowest BCUT2D eigenvalue weighted by Crippen LogP contribution is -2.23. The van der Waals surface area contributed by atoms with Crippen LogP contribution in [0, 0.1) is 0 Å². The Morgan fingerprint density at radius 1 is 1.83 bits per heavy atom. The highest BCUT2D eigenvalue weighted by Gasteiger charge is 2.15. The standard InChI is InChI=1S/C8H14N2O2/c1-2-3-4-10-5-7(8(11)12)9-6-10/h5,9H,2-4,6H2,1H3,(H,11,12). The third-order valence-corrected chi connectivity index (χ3v) is 1.81. The summed E-state index contributed by atoms with van der Waals surface area (Å²) < 4.78 is 0. The van der Waals surface area contributed by atoms with Gasteiger partial charge in [0.25, 0.3) is 0 Å². The summed E-state index contributed by atoms with van der Waals surface area (Å²) in [6.07, 6.45) is 3.90. The molecule has 68 valence electrons. The van der Waals surface area contributed by atoms with Gasteiger partial charge < -0.3 is 15.3 Å². The van der Waals surface area contributed by atoms with Gasteiger partial charge in [0, 0.05) is 12.7 Å². The van der Waals surface area contributed by atoms with Crippen molar-refractivity contribution in [3.05, 3.63) is 11.9 Å². The van der Waals surface area contributed by atoms with Crippen LogP contribution >= 0.6 is 0 Å². The fourth-order valence-electron chi connectivity index (χ4n) is 1.10. The van der Waals surface area contributed by atoms with Gasteiger partial charge in [0.1, 0.15) is 5.70 Å². The van der Waals surface area contributed by atoms with E-state index in [1.165, 1.54) is 0 Å². The van der Waals surface area contributed by atoms with Gasteiger partial charge in [0.15, 0.2) is 0 Å². The predicted molar refractivity (Wildman–Crippen MR) is 45.3 cm³/mol. The third kappa shape index (κ3) is 2.15. The molecule has 0 atom stereocenters. The molecule has 0 aliphatic carbocycles. The lowest BCUT2D eigenvalue weighted by atomic mass is 10.3. The van der Waals surface area contributed by atoms with Crippen molar-refractivity contribution in [3.63, 3.8) is 0 Å². The van der Waals surface area contributed by atoms with Crippen LogP contribution in [0.5, 0.6) is 0 Å². The fourth-order valence-corrected chi connectivity index (χ4v) is 1.10. The van der Waals surface area contributed by atoms with Crippen LogP contribution in [0.1, 0.15) is 19.8 Å². The molecule has 2 N–H and O–H groups in total. The van der Waals surface area contributed by atoms with E-state index >= 15 is 0 Å². The van der Waals surface area contributed by atoms with Gasteiger partial charge in [0.05, 0.1) is 6.67 Å². The van der Waals surface area contributed by atoms with E-state index in [1.807, 2.05) is 4.90 Å². The highest BCUT2D eigenvalue weighted by atomic mass is 16.4. The number of hydrogen-bond donors (Lipinski definition) is 2. The normalized spacial score (nSPS) is 15.8. The smallest absolute Gasteiger partial charge is 0.353 e. The molecule has 1 rings (SSSR count). The summed E-state index contributed by atoms with van der Waals surface area (Å²) in [5, 5.41) is 11.4. The number of aliphatic carboxylic acids is 1. The monoisotopic (exact) mass is 170 g/mol. The Bertz CT molecular complexity index is 201. The SMILES string of the molecule is CCCCN1C=C(C(=O)O)NC1. The van der Waals surface area contributed by atoms with E-state index in [1.54, 1.807) is 6.20 Å². The molecular formula is C8H14N2O2. The van der Waals surface area contributed by atoms with E-state index in [0.717, 1.165) is 19.4 Å². The van der Waals surface area contributed by atoms with Gasteiger partial charge in [-0.25, -0.2) is 4.79 Å². The minimum Gasteiger partial charge on any atom is -0.477 e. The van der Waals surface area contributed by atoms with E-state index in [0.29, 0.717) is 12.4 Å². The van der Waals surface area contributed by atoms with Gasteiger partial charge in [-0.1, -0.05) is 13.3 Å². The molecule has 1 aliphatic heterocycles. The first-order valence-corrected chi connectivity index (χ1v) is 4.17. The Morgan fingerprint density at radius 2 is 2.58 bits per heavy atom. The molecule has 12 heavy (non-hydrogen) atoms. The van der Waals surface area contributed by atoms with Crippen molar-refractivity contribution < 1.29 is 9.90 Å². The Kier molecular flexibility index (Phi) is 2.96.